The Labute approximate surface area is 233 Å². The Bertz CT molecular complexity index is 1340. The number of halogens is 5. The molecule has 1 unspecified atom stereocenters. The summed E-state index contributed by atoms with van der Waals surface area (Å²) in [5, 5.41) is 6.02. The summed E-state index contributed by atoms with van der Waals surface area (Å²) in [6, 6.07) is 9.96. The van der Waals surface area contributed by atoms with Crippen LogP contribution >= 0.6 is 43.5 Å². The molecule has 1 aromatic heterocycles. The lowest BCUT2D eigenvalue weighted by Crippen LogP contribution is -2.63. The van der Waals surface area contributed by atoms with Crippen molar-refractivity contribution < 1.29 is 18.4 Å². The smallest absolute Gasteiger partial charge is 0.334 e. The van der Waals surface area contributed by atoms with Crippen molar-refractivity contribution in [3.63, 3.8) is 0 Å². The second-order valence-electron chi connectivity index (χ2n) is 9.06. The number of aromatic nitrogens is 2. The monoisotopic (exact) mass is 655 g/mol. The van der Waals surface area contributed by atoms with Crippen molar-refractivity contribution in [2.75, 3.05) is 17.2 Å². The molecule has 1 fully saturated rings. The van der Waals surface area contributed by atoms with Gasteiger partial charge in [-0.05, 0) is 73.7 Å². The molecule has 2 aromatic carbocycles. The maximum atomic E-state index is 16.7. The SMILES string of the molecule is Cc1cc(Br)ccc1NC1(Nc2ccc(Br)cc2Cl)C(C(=O)NOCC2CC2)=Cc2nc[nH]c2C1(F)F. The first-order valence-corrected chi connectivity index (χ1v) is 13.4. The number of carbonyl (C=O) groups is 1. The summed E-state index contributed by atoms with van der Waals surface area (Å²) in [5.41, 5.74) is 0.274. The Morgan fingerprint density at radius 2 is 1.84 bits per heavy atom. The molecule has 37 heavy (non-hydrogen) atoms. The number of H-pyrrole nitrogens is 1. The minimum Gasteiger partial charge on any atom is -0.353 e. The van der Waals surface area contributed by atoms with Crippen LogP contribution in [0.3, 0.4) is 0 Å². The third-order valence-corrected chi connectivity index (χ3v) is 7.63. The number of carbonyl (C=O) groups excluding carboxylic acids is 1. The second kappa shape index (κ2) is 10.0. The summed E-state index contributed by atoms with van der Waals surface area (Å²) in [7, 11) is 0. The predicted molar refractivity (Wildman–Crippen MR) is 145 cm³/mol. The van der Waals surface area contributed by atoms with Gasteiger partial charge >= 0.3 is 5.92 Å². The number of rotatable bonds is 8. The molecular weight excluding hydrogens is 636 g/mol. The van der Waals surface area contributed by atoms with Gasteiger partial charge in [0.1, 0.15) is 5.69 Å². The third kappa shape index (κ3) is 5.01. The highest BCUT2D eigenvalue weighted by atomic mass is 79.9. The number of aromatic amines is 1. The molecule has 12 heteroatoms. The molecule has 0 radical (unpaired) electrons. The van der Waals surface area contributed by atoms with Crippen LogP contribution in [0.5, 0.6) is 0 Å². The maximum absolute atomic E-state index is 16.7. The Morgan fingerprint density at radius 1 is 1.16 bits per heavy atom. The van der Waals surface area contributed by atoms with Crippen LogP contribution in [0.1, 0.15) is 29.8 Å². The van der Waals surface area contributed by atoms with Gasteiger partial charge in [0.05, 0.1) is 34.9 Å². The lowest BCUT2D eigenvalue weighted by molar-refractivity contribution is -0.133. The Kier molecular flexibility index (Phi) is 7.08. The zero-order valence-electron chi connectivity index (χ0n) is 19.5. The molecule has 2 aliphatic rings. The number of hydroxylamine groups is 1. The van der Waals surface area contributed by atoms with E-state index < -0.39 is 23.2 Å². The van der Waals surface area contributed by atoms with Gasteiger partial charge in [-0.2, -0.15) is 8.78 Å². The Balaban J connectivity index is 1.66. The molecule has 194 valence electrons. The number of benzene rings is 2. The van der Waals surface area contributed by atoms with Gasteiger partial charge in [0, 0.05) is 14.6 Å². The normalized spacial score (nSPS) is 20.1. The molecule has 3 aromatic rings. The zero-order valence-corrected chi connectivity index (χ0v) is 23.4. The van der Waals surface area contributed by atoms with Crippen LogP contribution in [0.2, 0.25) is 5.02 Å². The summed E-state index contributed by atoms with van der Waals surface area (Å²) >= 11 is 13.2. The van der Waals surface area contributed by atoms with Crippen LogP contribution in [0.15, 0.2) is 57.2 Å². The van der Waals surface area contributed by atoms with Gasteiger partial charge in [0.15, 0.2) is 0 Å². The minimum atomic E-state index is -3.72. The number of fused-ring (bicyclic) bond motifs is 1. The van der Waals surface area contributed by atoms with Crippen molar-refractivity contribution in [3.8, 4) is 0 Å². The van der Waals surface area contributed by atoms with Gasteiger partial charge in [-0.15, -0.1) is 0 Å². The van der Waals surface area contributed by atoms with Crippen LogP contribution in [-0.2, 0) is 15.6 Å². The van der Waals surface area contributed by atoms with Crippen LogP contribution in [0.4, 0.5) is 20.2 Å². The quantitative estimate of drug-likeness (QED) is 0.159. The molecule has 1 atom stereocenters. The average Bonchev–Trinajstić information content (AvgIpc) is 3.53. The fourth-order valence-corrected chi connectivity index (χ4v) is 5.35. The van der Waals surface area contributed by atoms with Crippen LogP contribution < -0.4 is 16.1 Å². The molecule has 4 N–H and O–H groups in total. The molecule has 2 aliphatic carbocycles. The number of nitrogens with one attached hydrogen (secondary N) is 4. The number of hydrogen-bond acceptors (Lipinski definition) is 5. The van der Waals surface area contributed by atoms with Gasteiger partial charge in [-0.25, -0.2) is 10.5 Å². The molecule has 0 saturated heterocycles. The van der Waals surface area contributed by atoms with Crippen molar-refractivity contribution in [1.82, 2.24) is 15.4 Å². The molecule has 0 aliphatic heterocycles. The van der Waals surface area contributed by atoms with Gasteiger partial charge < -0.3 is 15.6 Å². The maximum Gasteiger partial charge on any atom is 0.334 e. The number of hydrogen-bond donors (Lipinski definition) is 4. The van der Waals surface area contributed by atoms with Crippen LogP contribution in [0, 0.1) is 12.8 Å². The van der Waals surface area contributed by atoms with E-state index in [1.807, 2.05) is 0 Å². The standard InChI is InChI=1S/C25H22Br2ClF2N5O2/c1-13-8-15(26)4-6-19(13)33-25(34-20-7-5-16(27)9-18(20)28)17(23(36)35-37-11-14-2-3-14)10-21-22(24(25,29)30)32-12-31-21/h4-10,12,14,33-34H,2-3,11H2,1H3,(H,31,32)(H,35,36). The Morgan fingerprint density at radius 3 is 2.51 bits per heavy atom. The van der Waals surface area contributed by atoms with Crippen molar-refractivity contribution in [2.45, 2.75) is 31.4 Å². The largest absolute Gasteiger partial charge is 0.353 e. The summed E-state index contributed by atoms with van der Waals surface area (Å²) in [5.74, 6) is -4.20. The highest BCUT2D eigenvalue weighted by Gasteiger charge is 2.63. The first-order chi connectivity index (χ1) is 17.6. The number of aryl methyl sites for hydroxylation is 1. The lowest BCUT2D eigenvalue weighted by atomic mass is 9.82. The molecule has 0 bridgehead atoms. The minimum absolute atomic E-state index is 0.0500. The van der Waals surface area contributed by atoms with E-state index in [1.54, 1.807) is 43.3 Å². The van der Waals surface area contributed by atoms with E-state index >= 15 is 8.78 Å². The van der Waals surface area contributed by atoms with Crippen molar-refractivity contribution in [2.24, 2.45) is 5.92 Å². The molecule has 1 heterocycles. The van der Waals surface area contributed by atoms with Gasteiger partial charge in [0.2, 0.25) is 5.66 Å². The van der Waals surface area contributed by atoms with E-state index in [0.717, 1.165) is 17.3 Å². The van der Waals surface area contributed by atoms with E-state index in [-0.39, 0.29) is 22.0 Å². The van der Waals surface area contributed by atoms with Gasteiger partial charge in [0.25, 0.3) is 5.91 Å². The van der Waals surface area contributed by atoms with E-state index in [4.69, 9.17) is 16.4 Å². The number of alkyl halides is 2. The summed E-state index contributed by atoms with van der Waals surface area (Å²) in [4.78, 5) is 25.4. The topological polar surface area (TPSA) is 91.1 Å². The van der Waals surface area contributed by atoms with Gasteiger partial charge in [-0.3, -0.25) is 9.63 Å². The van der Waals surface area contributed by atoms with Crippen LogP contribution in [0.25, 0.3) is 6.08 Å². The van der Waals surface area contributed by atoms with E-state index in [2.05, 4.69) is 57.9 Å². The van der Waals surface area contributed by atoms with Crippen molar-refractivity contribution >= 4 is 66.8 Å². The summed E-state index contributed by atoms with van der Waals surface area (Å²) in [6.07, 6.45) is 4.50. The first kappa shape index (κ1) is 26.1. The predicted octanol–water partition coefficient (Wildman–Crippen LogP) is 6.76. The lowest BCUT2D eigenvalue weighted by Gasteiger charge is -2.45. The second-order valence-corrected chi connectivity index (χ2v) is 11.3. The number of anilines is 2. The number of imidazole rings is 1. The first-order valence-electron chi connectivity index (χ1n) is 11.4. The summed E-state index contributed by atoms with van der Waals surface area (Å²) in [6.45, 7) is 2.08. The van der Waals surface area contributed by atoms with Crippen molar-refractivity contribution in [3.05, 3.63) is 79.2 Å². The van der Waals surface area contributed by atoms with E-state index in [9.17, 15) is 4.79 Å². The van der Waals surface area contributed by atoms with Crippen LogP contribution in [-0.4, -0.2) is 28.1 Å². The average molecular weight is 658 g/mol. The molecular formula is C25H22Br2ClF2N5O2. The summed E-state index contributed by atoms with van der Waals surface area (Å²) < 4.78 is 34.8. The molecule has 5 rings (SSSR count). The molecule has 0 spiro atoms. The van der Waals surface area contributed by atoms with Gasteiger partial charge in [-0.1, -0.05) is 43.5 Å². The number of nitrogens with zero attached hydrogens (tertiary/aromatic N) is 1. The molecule has 1 amide bonds. The highest BCUT2D eigenvalue weighted by molar-refractivity contribution is 9.10. The fraction of sp³-hybridized carbons (Fsp3) is 0.280. The molecule has 7 nitrogen and oxygen atoms in total. The van der Waals surface area contributed by atoms with E-state index in [1.165, 1.54) is 12.4 Å². The zero-order chi connectivity index (χ0) is 26.4. The van der Waals surface area contributed by atoms with Crippen molar-refractivity contribution in [1.29, 1.82) is 0 Å². The Hall–Kier alpha value is -2.47. The van der Waals surface area contributed by atoms with E-state index in [0.29, 0.717) is 28.2 Å². The number of amides is 1. The third-order valence-electron chi connectivity index (χ3n) is 6.33. The highest BCUT2D eigenvalue weighted by Crippen LogP contribution is 2.50. The fourth-order valence-electron chi connectivity index (χ4n) is 4.15. The molecule has 1 saturated carbocycles.